The van der Waals surface area contributed by atoms with E-state index in [1.807, 2.05) is 25.1 Å². The van der Waals surface area contributed by atoms with Crippen LogP contribution in [0.1, 0.15) is 47.2 Å². The zero-order valence-corrected chi connectivity index (χ0v) is 13.3. The summed E-state index contributed by atoms with van der Waals surface area (Å²) in [4.78, 5) is 28.7. The van der Waals surface area contributed by atoms with Crippen LogP contribution in [-0.4, -0.2) is 32.5 Å². The van der Waals surface area contributed by atoms with E-state index in [4.69, 9.17) is 4.42 Å². The first kappa shape index (κ1) is 14.7. The average molecular weight is 326 g/mol. The number of para-hydroxylation sites is 1. The van der Waals surface area contributed by atoms with Crippen molar-refractivity contribution >= 4 is 16.9 Å². The van der Waals surface area contributed by atoms with E-state index < -0.39 is 0 Å². The van der Waals surface area contributed by atoms with Crippen molar-refractivity contribution in [1.82, 2.24) is 20.1 Å². The molecule has 0 bridgehead atoms. The third-order valence-electron chi connectivity index (χ3n) is 4.55. The van der Waals surface area contributed by atoms with Crippen molar-refractivity contribution in [2.45, 2.75) is 32.2 Å². The Balaban J connectivity index is 1.70. The fraction of sp³-hybridized carbons (Fsp3) is 0.353. The standard InChI is InChI=1S/C17H18N4O3/c1-10-5-4-6-11-9-13(24-14(10)11)16(22)21-8-3-2-7-12(21)15-18-17(23)20-19-15/h4-6,9,12H,2-3,7-8H2,1H3,(H2,18,19,20,23). The monoisotopic (exact) mass is 326 g/mol. The number of rotatable bonds is 2. The summed E-state index contributed by atoms with van der Waals surface area (Å²) >= 11 is 0. The second-order valence-corrected chi connectivity index (χ2v) is 6.18. The number of carbonyl (C=O) groups excluding carboxylic acids is 1. The van der Waals surface area contributed by atoms with Gasteiger partial charge in [-0.05, 0) is 37.8 Å². The number of amides is 1. The van der Waals surface area contributed by atoms with E-state index >= 15 is 0 Å². The molecular formula is C17H18N4O3. The minimum atomic E-state index is -0.359. The van der Waals surface area contributed by atoms with Crippen molar-refractivity contribution < 1.29 is 9.21 Å². The average Bonchev–Trinajstić information content (AvgIpc) is 3.21. The van der Waals surface area contributed by atoms with Crippen LogP contribution < -0.4 is 5.69 Å². The molecule has 0 spiro atoms. The normalized spacial score (nSPS) is 18.2. The summed E-state index contributed by atoms with van der Waals surface area (Å²) in [5, 5.41) is 7.29. The quantitative estimate of drug-likeness (QED) is 0.756. The number of likely N-dealkylation sites (tertiary alicyclic amines) is 1. The van der Waals surface area contributed by atoms with Crippen LogP contribution in [-0.2, 0) is 0 Å². The number of nitrogens with zero attached hydrogens (tertiary/aromatic N) is 2. The van der Waals surface area contributed by atoms with Crippen LogP contribution in [0, 0.1) is 6.92 Å². The molecule has 1 aromatic carbocycles. The highest BCUT2D eigenvalue weighted by molar-refractivity contribution is 5.96. The molecular weight excluding hydrogens is 308 g/mol. The fourth-order valence-corrected chi connectivity index (χ4v) is 3.36. The fourth-order valence-electron chi connectivity index (χ4n) is 3.36. The van der Waals surface area contributed by atoms with E-state index in [1.165, 1.54) is 0 Å². The third-order valence-corrected chi connectivity index (χ3v) is 4.55. The number of fused-ring (bicyclic) bond motifs is 1. The van der Waals surface area contributed by atoms with Gasteiger partial charge >= 0.3 is 5.69 Å². The first-order chi connectivity index (χ1) is 11.6. The molecule has 2 N–H and O–H groups in total. The number of H-pyrrole nitrogens is 2. The van der Waals surface area contributed by atoms with Crippen molar-refractivity contribution in [3.63, 3.8) is 0 Å². The molecule has 1 amide bonds. The molecule has 0 radical (unpaired) electrons. The lowest BCUT2D eigenvalue weighted by molar-refractivity contribution is 0.0570. The van der Waals surface area contributed by atoms with E-state index in [-0.39, 0.29) is 17.6 Å². The number of piperidine rings is 1. The van der Waals surface area contributed by atoms with E-state index in [2.05, 4.69) is 15.2 Å². The zero-order chi connectivity index (χ0) is 16.7. The number of aromatic amines is 2. The number of carbonyl (C=O) groups is 1. The van der Waals surface area contributed by atoms with Gasteiger partial charge in [-0.2, -0.15) is 5.10 Å². The highest BCUT2D eigenvalue weighted by Crippen LogP contribution is 2.31. The van der Waals surface area contributed by atoms with Crippen LogP contribution in [0.2, 0.25) is 0 Å². The lowest BCUT2D eigenvalue weighted by Gasteiger charge is -2.33. The minimum Gasteiger partial charge on any atom is -0.451 e. The number of aromatic nitrogens is 3. The first-order valence-corrected chi connectivity index (χ1v) is 8.08. The number of benzene rings is 1. The second kappa shape index (κ2) is 5.67. The van der Waals surface area contributed by atoms with E-state index in [0.717, 1.165) is 35.8 Å². The summed E-state index contributed by atoms with van der Waals surface area (Å²) < 4.78 is 5.81. The molecule has 7 nitrogen and oxygen atoms in total. The summed E-state index contributed by atoms with van der Waals surface area (Å²) in [5.41, 5.74) is 1.38. The van der Waals surface area contributed by atoms with Gasteiger partial charge in [-0.1, -0.05) is 18.2 Å². The molecule has 3 heterocycles. The van der Waals surface area contributed by atoms with Crippen LogP contribution in [0.4, 0.5) is 0 Å². The van der Waals surface area contributed by atoms with Gasteiger partial charge in [0.15, 0.2) is 11.6 Å². The van der Waals surface area contributed by atoms with E-state index in [1.54, 1.807) is 11.0 Å². The number of hydrogen-bond acceptors (Lipinski definition) is 4. The van der Waals surface area contributed by atoms with Gasteiger partial charge in [-0.3, -0.25) is 9.78 Å². The zero-order valence-electron chi connectivity index (χ0n) is 13.3. The maximum absolute atomic E-state index is 13.0. The maximum atomic E-state index is 13.0. The molecule has 3 aromatic rings. The van der Waals surface area contributed by atoms with Crippen molar-refractivity contribution in [2.75, 3.05) is 6.54 Å². The Kier molecular flexibility index (Phi) is 3.48. The molecule has 1 saturated heterocycles. The van der Waals surface area contributed by atoms with Crippen LogP contribution >= 0.6 is 0 Å². The van der Waals surface area contributed by atoms with Crippen molar-refractivity contribution in [1.29, 1.82) is 0 Å². The van der Waals surface area contributed by atoms with Gasteiger partial charge in [-0.15, -0.1) is 0 Å². The van der Waals surface area contributed by atoms with Crippen LogP contribution in [0.5, 0.6) is 0 Å². The molecule has 0 saturated carbocycles. The molecule has 4 rings (SSSR count). The smallest absolute Gasteiger partial charge is 0.340 e. The predicted octanol–water partition coefficient (Wildman–Crippen LogP) is 2.52. The molecule has 2 aromatic heterocycles. The molecule has 7 heteroatoms. The highest BCUT2D eigenvalue weighted by atomic mass is 16.3. The maximum Gasteiger partial charge on any atom is 0.340 e. The van der Waals surface area contributed by atoms with E-state index in [9.17, 15) is 9.59 Å². The SMILES string of the molecule is Cc1cccc2cc(C(=O)N3CCCCC3c3n[nH]c(=O)[nH]3)oc12. The summed E-state index contributed by atoms with van der Waals surface area (Å²) in [7, 11) is 0. The molecule has 124 valence electrons. The Labute approximate surface area is 137 Å². The summed E-state index contributed by atoms with van der Waals surface area (Å²) in [5.74, 6) is 0.656. The molecule has 24 heavy (non-hydrogen) atoms. The molecule has 1 fully saturated rings. The lowest BCUT2D eigenvalue weighted by atomic mass is 10.0. The van der Waals surface area contributed by atoms with Gasteiger partial charge in [-0.25, -0.2) is 9.89 Å². The van der Waals surface area contributed by atoms with Gasteiger partial charge in [0.25, 0.3) is 5.91 Å². The Morgan fingerprint density at radius 3 is 3.00 bits per heavy atom. The van der Waals surface area contributed by atoms with Crippen molar-refractivity contribution in [2.24, 2.45) is 0 Å². The lowest BCUT2D eigenvalue weighted by Crippen LogP contribution is -2.39. The number of hydrogen-bond donors (Lipinski definition) is 2. The Morgan fingerprint density at radius 1 is 1.38 bits per heavy atom. The van der Waals surface area contributed by atoms with Crippen LogP contribution in [0.3, 0.4) is 0 Å². The number of nitrogens with one attached hydrogen (secondary N) is 2. The number of aryl methyl sites for hydroxylation is 1. The molecule has 0 aliphatic carbocycles. The predicted molar refractivity (Wildman–Crippen MR) is 87.8 cm³/mol. The van der Waals surface area contributed by atoms with Gasteiger partial charge in [0.1, 0.15) is 5.58 Å². The summed E-state index contributed by atoms with van der Waals surface area (Å²) in [6, 6.07) is 7.38. The Bertz CT molecular complexity index is 952. The van der Waals surface area contributed by atoms with Crippen molar-refractivity contribution in [3.8, 4) is 0 Å². The summed E-state index contributed by atoms with van der Waals surface area (Å²) in [6.45, 7) is 2.58. The topological polar surface area (TPSA) is 95.0 Å². The van der Waals surface area contributed by atoms with Crippen LogP contribution in [0.15, 0.2) is 33.5 Å². The largest absolute Gasteiger partial charge is 0.451 e. The van der Waals surface area contributed by atoms with Gasteiger partial charge < -0.3 is 9.32 Å². The van der Waals surface area contributed by atoms with Gasteiger partial charge in [0.2, 0.25) is 0 Å². The molecule has 1 aliphatic rings. The number of furan rings is 1. The molecule has 1 aliphatic heterocycles. The van der Waals surface area contributed by atoms with Crippen LogP contribution in [0.25, 0.3) is 11.0 Å². The molecule has 1 atom stereocenters. The first-order valence-electron chi connectivity index (χ1n) is 8.08. The van der Waals surface area contributed by atoms with E-state index in [0.29, 0.717) is 18.1 Å². The Hall–Kier alpha value is -2.83. The summed E-state index contributed by atoms with van der Waals surface area (Å²) in [6.07, 6.45) is 2.69. The second-order valence-electron chi connectivity index (χ2n) is 6.18. The van der Waals surface area contributed by atoms with Gasteiger partial charge in [0.05, 0.1) is 6.04 Å². The highest BCUT2D eigenvalue weighted by Gasteiger charge is 2.32. The Morgan fingerprint density at radius 2 is 2.25 bits per heavy atom. The van der Waals surface area contributed by atoms with Crippen molar-refractivity contribution in [3.05, 3.63) is 51.9 Å². The third kappa shape index (κ3) is 2.42. The van der Waals surface area contributed by atoms with Gasteiger partial charge in [0, 0.05) is 11.9 Å². The molecule has 1 unspecified atom stereocenters. The minimum absolute atomic E-state index is 0.167.